The standard InChI is InChI=1S/C17H29N3/c1-5-8-20(16-6-7-16)17-14(4)9-15(12-19-17)11-18-10-13(2)3/h9,12-13,16,18H,5-8,10-11H2,1-4H3. The molecule has 20 heavy (non-hydrogen) atoms. The molecule has 1 aromatic rings. The molecular formula is C17H29N3. The number of aromatic nitrogens is 1. The predicted molar refractivity (Wildman–Crippen MR) is 86.2 cm³/mol. The molecule has 0 aliphatic heterocycles. The largest absolute Gasteiger partial charge is 0.353 e. The van der Waals surface area contributed by atoms with Crippen molar-refractivity contribution in [2.45, 2.75) is 59.5 Å². The molecule has 0 atom stereocenters. The Morgan fingerprint density at radius 1 is 1.40 bits per heavy atom. The molecule has 0 bridgehead atoms. The number of nitrogens with one attached hydrogen (secondary N) is 1. The highest BCUT2D eigenvalue weighted by Crippen LogP contribution is 2.32. The predicted octanol–water partition coefficient (Wildman–Crippen LogP) is 3.51. The van der Waals surface area contributed by atoms with E-state index in [0.717, 1.165) is 25.7 Å². The molecule has 1 aliphatic rings. The summed E-state index contributed by atoms with van der Waals surface area (Å²) in [6.07, 6.45) is 5.90. The molecule has 1 saturated carbocycles. The van der Waals surface area contributed by atoms with Gasteiger partial charge in [0.15, 0.2) is 0 Å². The summed E-state index contributed by atoms with van der Waals surface area (Å²) in [5.41, 5.74) is 2.60. The van der Waals surface area contributed by atoms with Crippen LogP contribution >= 0.6 is 0 Å². The third-order valence-electron chi connectivity index (χ3n) is 3.71. The van der Waals surface area contributed by atoms with E-state index in [1.54, 1.807) is 0 Å². The van der Waals surface area contributed by atoms with Crippen LogP contribution in [0.2, 0.25) is 0 Å². The second kappa shape index (κ2) is 7.07. The van der Waals surface area contributed by atoms with Gasteiger partial charge in [-0.1, -0.05) is 20.8 Å². The van der Waals surface area contributed by atoms with Crippen LogP contribution in [0.25, 0.3) is 0 Å². The van der Waals surface area contributed by atoms with Crippen LogP contribution in [-0.2, 0) is 6.54 Å². The molecule has 1 fully saturated rings. The Balaban J connectivity index is 2.00. The van der Waals surface area contributed by atoms with Crippen LogP contribution in [0.1, 0.15) is 51.2 Å². The molecule has 0 amide bonds. The van der Waals surface area contributed by atoms with Gasteiger partial charge in [-0.05, 0) is 55.8 Å². The Bertz CT molecular complexity index is 424. The van der Waals surface area contributed by atoms with Gasteiger partial charge in [0.25, 0.3) is 0 Å². The van der Waals surface area contributed by atoms with Gasteiger partial charge in [-0.25, -0.2) is 4.98 Å². The normalized spacial score (nSPS) is 14.8. The van der Waals surface area contributed by atoms with Gasteiger partial charge in [-0.15, -0.1) is 0 Å². The summed E-state index contributed by atoms with van der Waals surface area (Å²) in [5, 5.41) is 3.48. The van der Waals surface area contributed by atoms with E-state index >= 15 is 0 Å². The Morgan fingerprint density at radius 2 is 2.15 bits per heavy atom. The second-order valence-corrected chi connectivity index (χ2v) is 6.43. The summed E-state index contributed by atoms with van der Waals surface area (Å²) in [6, 6.07) is 3.03. The van der Waals surface area contributed by atoms with E-state index in [1.165, 1.54) is 36.2 Å². The molecule has 0 spiro atoms. The van der Waals surface area contributed by atoms with Crippen molar-refractivity contribution in [3.05, 3.63) is 23.4 Å². The lowest BCUT2D eigenvalue weighted by Gasteiger charge is -2.25. The monoisotopic (exact) mass is 275 g/mol. The fourth-order valence-electron chi connectivity index (χ4n) is 2.62. The van der Waals surface area contributed by atoms with E-state index in [1.807, 2.05) is 6.20 Å². The molecular weight excluding hydrogens is 246 g/mol. The van der Waals surface area contributed by atoms with Crippen molar-refractivity contribution in [3.63, 3.8) is 0 Å². The van der Waals surface area contributed by atoms with Crippen molar-refractivity contribution in [1.29, 1.82) is 0 Å². The van der Waals surface area contributed by atoms with E-state index in [4.69, 9.17) is 4.98 Å². The van der Waals surface area contributed by atoms with Crippen LogP contribution in [0.5, 0.6) is 0 Å². The van der Waals surface area contributed by atoms with Crippen LogP contribution in [0.15, 0.2) is 12.3 Å². The summed E-state index contributed by atoms with van der Waals surface area (Å²) in [5.74, 6) is 1.89. The molecule has 3 nitrogen and oxygen atoms in total. The van der Waals surface area contributed by atoms with Gasteiger partial charge in [-0.3, -0.25) is 0 Å². The van der Waals surface area contributed by atoms with Gasteiger partial charge in [0.1, 0.15) is 5.82 Å². The van der Waals surface area contributed by atoms with Crippen LogP contribution in [-0.4, -0.2) is 24.1 Å². The van der Waals surface area contributed by atoms with Crippen LogP contribution < -0.4 is 10.2 Å². The summed E-state index contributed by atoms with van der Waals surface area (Å²) in [7, 11) is 0. The Morgan fingerprint density at radius 3 is 2.70 bits per heavy atom. The zero-order chi connectivity index (χ0) is 14.5. The van der Waals surface area contributed by atoms with E-state index < -0.39 is 0 Å². The minimum Gasteiger partial charge on any atom is -0.353 e. The summed E-state index contributed by atoms with van der Waals surface area (Å²) >= 11 is 0. The fraction of sp³-hybridized carbons (Fsp3) is 0.706. The highest BCUT2D eigenvalue weighted by molar-refractivity contribution is 5.49. The van der Waals surface area contributed by atoms with Crippen molar-refractivity contribution in [1.82, 2.24) is 10.3 Å². The summed E-state index contributed by atoms with van der Waals surface area (Å²) in [4.78, 5) is 7.24. The summed E-state index contributed by atoms with van der Waals surface area (Å²) in [6.45, 7) is 12.0. The summed E-state index contributed by atoms with van der Waals surface area (Å²) < 4.78 is 0. The van der Waals surface area contributed by atoms with Crippen molar-refractivity contribution >= 4 is 5.82 Å². The average Bonchev–Trinajstić information content (AvgIpc) is 3.21. The van der Waals surface area contributed by atoms with Crippen LogP contribution in [0.3, 0.4) is 0 Å². The van der Waals surface area contributed by atoms with E-state index in [9.17, 15) is 0 Å². The Kier molecular flexibility index (Phi) is 5.41. The first-order valence-corrected chi connectivity index (χ1v) is 8.04. The molecule has 3 heteroatoms. The minimum atomic E-state index is 0.693. The number of hydrogen-bond donors (Lipinski definition) is 1. The minimum absolute atomic E-state index is 0.693. The SMILES string of the molecule is CCCN(c1ncc(CNCC(C)C)cc1C)C1CC1. The zero-order valence-electron chi connectivity index (χ0n) is 13.4. The first-order valence-electron chi connectivity index (χ1n) is 8.04. The maximum atomic E-state index is 4.74. The van der Waals surface area contributed by atoms with Crippen molar-refractivity contribution in [2.75, 3.05) is 18.0 Å². The van der Waals surface area contributed by atoms with Crippen LogP contribution in [0, 0.1) is 12.8 Å². The highest BCUT2D eigenvalue weighted by atomic mass is 15.2. The van der Waals surface area contributed by atoms with E-state index in [2.05, 4.69) is 44.0 Å². The Hall–Kier alpha value is -1.09. The molecule has 0 unspecified atom stereocenters. The first-order chi connectivity index (χ1) is 9.61. The Labute approximate surface area is 123 Å². The fourth-order valence-corrected chi connectivity index (χ4v) is 2.62. The van der Waals surface area contributed by atoms with Crippen molar-refractivity contribution in [2.24, 2.45) is 5.92 Å². The molecule has 1 aromatic heterocycles. The van der Waals surface area contributed by atoms with Crippen LogP contribution in [0.4, 0.5) is 5.82 Å². The number of rotatable bonds is 8. The van der Waals surface area contributed by atoms with Gasteiger partial charge in [0.05, 0.1) is 0 Å². The quantitative estimate of drug-likeness (QED) is 0.787. The molecule has 0 saturated heterocycles. The molecule has 1 aliphatic carbocycles. The first kappa shape index (κ1) is 15.3. The molecule has 0 radical (unpaired) electrons. The molecule has 112 valence electrons. The number of nitrogens with zero attached hydrogens (tertiary/aromatic N) is 2. The lowest BCUT2D eigenvalue weighted by Crippen LogP contribution is -2.28. The van der Waals surface area contributed by atoms with E-state index in [-0.39, 0.29) is 0 Å². The maximum absolute atomic E-state index is 4.74. The molecule has 0 aromatic carbocycles. The average molecular weight is 275 g/mol. The smallest absolute Gasteiger partial charge is 0.131 e. The molecule has 1 heterocycles. The molecule has 2 rings (SSSR count). The van der Waals surface area contributed by atoms with Gasteiger partial charge in [0.2, 0.25) is 0 Å². The van der Waals surface area contributed by atoms with Gasteiger partial charge >= 0.3 is 0 Å². The third kappa shape index (κ3) is 4.20. The third-order valence-corrected chi connectivity index (χ3v) is 3.71. The van der Waals surface area contributed by atoms with Crippen molar-refractivity contribution < 1.29 is 0 Å². The van der Waals surface area contributed by atoms with E-state index in [0.29, 0.717) is 5.92 Å². The van der Waals surface area contributed by atoms with Gasteiger partial charge < -0.3 is 10.2 Å². The van der Waals surface area contributed by atoms with Gasteiger partial charge in [0, 0.05) is 25.3 Å². The number of anilines is 1. The topological polar surface area (TPSA) is 28.2 Å². The molecule has 1 N–H and O–H groups in total. The lowest BCUT2D eigenvalue weighted by molar-refractivity contribution is 0.551. The number of aryl methyl sites for hydroxylation is 1. The number of hydrogen-bond acceptors (Lipinski definition) is 3. The van der Waals surface area contributed by atoms with Gasteiger partial charge in [-0.2, -0.15) is 0 Å². The number of pyridine rings is 1. The van der Waals surface area contributed by atoms with Crippen molar-refractivity contribution in [3.8, 4) is 0 Å². The lowest BCUT2D eigenvalue weighted by atomic mass is 10.1. The highest BCUT2D eigenvalue weighted by Gasteiger charge is 2.30. The zero-order valence-corrected chi connectivity index (χ0v) is 13.4. The second-order valence-electron chi connectivity index (χ2n) is 6.43. The maximum Gasteiger partial charge on any atom is 0.131 e.